The zero-order chi connectivity index (χ0) is 21.4. The maximum Gasteiger partial charge on any atom is 0.0640 e. The number of benzene rings is 4. The molecule has 1 nitrogen and oxygen atoms in total. The number of nitrogens with zero attached hydrogens (tertiary/aromatic N) is 1. The summed E-state index contributed by atoms with van der Waals surface area (Å²) >= 11 is 0. The summed E-state index contributed by atoms with van der Waals surface area (Å²) in [5.41, 5.74) is 13.0. The molecule has 0 bridgehead atoms. The standard InChI is InChI=1S/C30H26N/c1-29(2)25-11-7-5-9-21(25)23-15-13-19(17-27(23)29)31-20-14-16-24-22-10-6-8-12-26(22)30(3,4)28(24)18-20/h5-18H,1-4H3. The first-order chi connectivity index (χ1) is 14.9. The lowest BCUT2D eigenvalue weighted by molar-refractivity contribution is 0.659. The fraction of sp³-hybridized carbons (Fsp3) is 0.200. The van der Waals surface area contributed by atoms with Crippen molar-refractivity contribution >= 4 is 11.4 Å². The van der Waals surface area contributed by atoms with Gasteiger partial charge >= 0.3 is 0 Å². The van der Waals surface area contributed by atoms with Crippen LogP contribution < -0.4 is 5.32 Å². The van der Waals surface area contributed by atoms with Crippen LogP contribution in [0, 0.1) is 0 Å². The molecular formula is C30H26N. The lowest BCUT2D eigenvalue weighted by Crippen LogP contribution is -2.15. The molecule has 0 heterocycles. The summed E-state index contributed by atoms with van der Waals surface area (Å²) in [7, 11) is 0. The molecule has 0 aliphatic heterocycles. The first-order valence-corrected chi connectivity index (χ1v) is 11.1. The van der Waals surface area contributed by atoms with Crippen LogP contribution in [0.1, 0.15) is 49.9 Å². The van der Waals surface area contributed by atoms with Gasteiger partial charge < -0.3 is 0 Å². The summed E-state index contributed by atoms with van der Waals surface area (Å²) in [6.07, 6.45) is 0. The summed E-state index contributed by atoms with van der Waals surface area (Å²) in [5.74, 6) is 0. The molecule has 0 aromatic heterocycles. The average Bonchev–Trinajstić information content (AvgIpc) is 3.14. The van der Waals surface area contributed by atoms with Crippen LogP contribution >= 0.6 is 0 Å². The maximum atomic E-state index is 5.05. The highest BCUT2D eigenvalue weighted by Gasteiger charge is 2.36. The van der Waals surface area contributed by atoms with Crippen LogP contribution in [0.2, 0.25) is 0 Å². The highest BCUT2D eigenvalue weighted by molar-refractivity contribution is 5.83. The van der Waals surface area contributed by atoms with Crippen molar-refractivity contribution in [1.82, 2.24) is 5.32 Å². The van der Waals surface area contributed by atoms with E-state index in [1.165, 1.54) is 44.5 Å². The molecule has 1 heteroatoms. The first kappa shape index (κ1) is 18.4. The van der Waals surface area contributed by atoms with Crippen molar-refractivity contribution in [3.05, 3.63) is 107 Å². The summed E-state index contributed by atoms with van der Waals surface area (Å²) in [6, 6.07) is 30.9. The molecule has 0 fully saturated rings. The van der Waals surface area contributed by atoms with Gasteiger partial charge in [0.15, 0.2) is 0 Å². The van der Waals surface area contributed by atoms with Crippen LogP contribution in [-0.4, -0.2) is 0 Å². The van der Waals surface area contributed by atoms with E-state index in [0.717, 1.165) is 11.4 Å². The van der Waals surface area contributed by atoms with Gasteiger partial charge in [-0.2, -0.15) is 0 Å². The monoisotopic (exact) mass is 400 g/mol. The first-order valence-electron chi connectivity index (χ1n) is 11.1. The van der Waals surface area contributed by atoms with Crippen LogP contribution in [0.15, 0.2) is 84.9 Å². The third-order valence-corrected chi connectivity index (χ3v) is 7.39. The molecule has 0 unspecified atom stereocenters. The Morgan fingerprint density at radius 2 is 0.839 bits per heavy atom. The molecule has 0 N–H and O–H groups in total. The van der Waals surface area contributed by atoms with E-state index in [-0.39, 0.29) is 10.8 Å². The Balaban J connectivity index is 1.39. The minimum Gasteiger partial charge on any atom is -0.249 e. The molecule has 1 radical (unpaired) electrons. The van der Waals surface area contributed by atoms with Gasteiger partial charge in [-0.1, -0.05) is 88.4 Å². The van der Waals surface area contributed by atoms with Gasteiger partial charge in [0.25, 0.3) is 0 Å². The third-order valence-electron chi connectivity index (χ3n) is 7.39. The lowest BCUT2D eigenvalue weighted by atomic mass is 9.82. The average molecular weight is 401 g/mol. The summed E-state index contributed by atoms with van der Waals surface area (Å²) in [4.78, 5) is 0. The Morgan fingerprint density at radius 3 is 1.29 bits per heavy atom. The van der Waals surface area contributed by atoms with E-state index in [9.17, 15) is 0 Å². The minimum absolute atomic E-state index is 0.000965. The molecule has 4 aromatic carbocycles. The van der Waals surface area contributed by atoms with E-state index >= 15 is 0 Å². The Morgan fingerprint density at radius 1 is 0.452 bits per heavy atom. The fourth-order valence-electron chi connectivity index (χ4n) is 5.67. The molecule has 0 saturated carbocycles. The SMILES string of the molecule is CC1(C)c2ccccc2-c2ccc([N]c3ccc4c(c3)C(C)(C)c3ccccc3-4)cc21. The summed E-state index contributed by atoms with van der Waals surface area (Å²) < 4.78 is 0. The molecule has 0 atom stereocenters. The normalized spacial score (nSPS) is 16.3. The molecule has 2 aliphatic rings. The Kier molecular flexibility index (Phi) is 3.63. The Labute approximate surface area is 184 Å². The number of hydrogen-bond donors (Lipinski definition) is 0. The minimum atomic E-state index is -0.000965. The zero-order valence-electron chi connectivity index (χ0n) is 18.5. The van der Waals surface area contributed by atoms with E-state index in [4.69, 9.17) is 5.32 Å². The van der Waals surface area contributed by atoms with Crippen LogP contribution in [-0.2, 0) is 10.8 Å². The highest BCUT2D eigenvalue weighted by atomic mass is 14.9. The second-order valence-corrected chi connectivity index (χ2v) is 9.91. The van der Waals surface area contributed by atoms with Gasteiger partial charge in [0.1, 0.15) is 0 Å². The molecule has 2 aliphatic carbocycles. The van der Waals surface area contributed by atoms with Crippen molar-refractivity contribution in [2.24, 2.45) is 0 Å². The lowest BCUT2D eigenvalue weighted by Gasteiger charge is -2.22. The summed E-state index contributed by atoms with van der Waals surface area (Å²) in [6.45, 7) is 9.26. The number of fused-ring (bicyclic) bond motifs is 6. The van der Waals surface area contributed by atoms with E-state index < -0.39 is 0 Å². The summed E-state index contributed by atoms with van der Waals surface area (Å²) in [5, 5.41) is 5.05. The van der Waals surface area contributed by atoms with Crippen LogP contribution in [0.5, 0.6) is 0 Å². The highest BCUT2D eigenvalue weighted by Crippen LogP contribution is 2.51. The van der Waals surface area contributed by atoms with Crippen molar-refractivity contribution < 1.29 is 0 Å². The van der Waals surface area contributed by atoms with Gasteiger partial charge in [-0.3, -0.25) is 0 Å². The largest absolute Gasteiger partial charge is 0.249 e. The molecule has 0 amide bonds. The molecule has 4 aromatic rings. The molecular weight excluding hydrogens is 374 g/mol. The van der Waals surface area contributed by atoms with Gasteiger partial charge in [-0.05, 0) is 68.8 Å². The molecule has 151 valence electrons. The van der Waals surface area contributed by atoms with E-state index in [1.807, 2.05) is 0 Å². The van der Waals surface area contributed by atoms with Crippen molar-refractivity contribution in [2.75, 3.05) is 0 Å². The fourth-order valence-corrected chi connectivity index (χ4v) is 5.67. The van der Waals surface area contributed by atoms with Crippen LogP contribution in [0.4, 0.5) is 11.4 Å². The maximum absolute atomic E-state index is 5.05. The quantitative estimate of drug-likeness (QED) is 0.325. The molecule has 31 heavy (non-hydrogen) atoms. The van der Waals surface area contributed by atoms with Crippen molar-refractivity contribution in [2.45, 2.75) is 38.5 Å². The van der Waals surface area contributed by atoms with Crippen LogP contribution in [0.25, 0.3) is 22.3 Å². The van der Waals surface area contributed by atoms with E-state index in [1.54, 1.807) is 0 Å². The van der Waals surface area contributed by atoms with Gasteiger partial charge in [0.05, 0.1) is 11.4 Å². The molecule has 0 saturated heterocycles. The van der Waals surface area contributed by atoms with Crippen molar-refractivity contribution in [3.63, 3.8) is 0 Å². The van der Waals surface area contributed by atoms with E-state index in [0.29, 0.717) is 0 Å². The Bertz CT molecular complexity index is 1250. The second kappa shape index (κ2) is 6.11. The van der Waals surface area contributed by atoms with Crippen molar-refractivity contribution in [1.29, 1.82) is 0 Å². The zero-order valence-corrected chi connectivity index (χ0v) is 18.5. The smallest absolute Gasteiger partial charge is 0.0640 e. The molecule has 0 spiro atoms. The topological polar surface area (TPSA) is 14.1 Å². The predicted molar refractivity (Wildman–Crippen MR) is 129 cm³/mol. The van der Waals surface area contributed by atoms with E-state index in [2.05, 4.69) is 113 Å². The van der Waals surface area contributed by atoms with Gasteiger partial charge in [-0.15, -0.1) is 0 Å². The van der Waals surface area contributed by atoms with Crippen molar-refractivity contribution in [3.8, 4) is 22.3 Å². The third kappa shape index (κ3) is 2.50. The van der Waals surface area contributed by atoms with Gasteiger partial charge in [-0.25, -0.2) is 5.32 Å². The number of rotatable bonds is 2. The van der Waals surface area contributed by atoms with Crippen LogP contribution in [0.3, 0.4) is 0 Å². The molecule has 6 rings (SSSR count). The van der Waals surface area contributed by atoms with Gasteiger partial charge in [0.2, 0.25) is 0 Å². The predicted octanol–water partition coefficient (Wildman–Crippen LogP) is 7.87. The number of hydrogen-bond acceptors (Lipinski definition) is 0. The van der Waals surface area contributed by atoms with Gasteiger partial charge in [0, 0.05) is 10.8 Å². The Hall–Kier alpha value is -3.32. The second-order valence-electron chi connectivity index (χ2n) is 9.91.